The Kier molecular flexibility index (Phi) is 5.13. The highest BCUT2D eigenvalue weighted by Crippen LogP contribution is 2.59. The Labute approximate surface area is 171 Å². The van der Waals surface area contributed by atoms with Gasteiger partial charge in [0.1, 0.15) is 0 Å². The lowest BCUT2D eigenvalue weighted by molar-refractivity contribution is -0.140. The van der Waals surface area contributed by atoms with E-state index in [1.165, 1.54) is 0 Å². The molecule has 1 saturated carbocycles. The van der Waals surface area contributed by atoms with Crippen molar-refractivity contribution in [1.29, 1.82) is 0 Å². The van der Waals surface area contributed by atoms with Gasteiger partial charge in [-0.3, -0.25) is 14.4 Å². The van der Waals surface area contributed by atoms with Crippen LogP contribution in [-0.2, 0) is 9.59 Å². The second-order valence-electron chi connectivity index (χ2n) is 9.25. The molecule has 0 bridgehead atoms. The number of carboxylic acid groups (broad SMARTS) is 1. The fraction of sp³-hybridized carbons (Fsp3) is 0.609. The van der Waals surface area contributed by atoms with Crippen LogP contribution in [0.5, 0.6) is 0 Å². The van der Waals surface area contributed by atoms with Crippen LogP contribution in [0.4, 0.5) is 0 Å². The van der Waals surface area contributed by atoms with Crippen molar-refractivity contribution in [3.05, 3.63) is 34.9 Å². The van der Waals surface area contributed by atoms with Crippen LogP contribution in [0.25, 0.3) is 0 Å². The highest BCUT2D eigenvalue weighted by molar-refractivity contribution is 5.95. The first-order valence-corrected chi connectivity index (χ1v) is 10.7. The van der Waals surface area contributed by atoms with Gasteiger partial charge < -0.3 is 14.9 Å². The lowest BCUT2D eigenvalue weighted by atomic mass is 9.89. The second kappa shape index (κ2) is 7.47. The number of hydrogen-bond acceptors (Lipinski definition) is 3. The number of carbonyl (C=O) groups excluding carboxylic acids is 2. The molecule has 0 radical (unpaired) electrons. The molecule has 1 aromatic rings. The number of benzene rings is 1. The van der Waals surface area contributed by atoms with Gasteiger partial charge in [-0.1, -0.05) is 17.2 Å². The summed E-state index contributed by atoms with van der Waals surface area (Å²) in [6.07, 6.45) is 3.98. The molecule has 2 heterocycles. The summed E-state index contributed by atoms with van der Waals surface area (Å²) in [5.74, 6) is -0.931. The Morgan fingerprint density at radius 2 is 1.66 bits per heavy atom. The first-order valence-electron chi connectivity index (χ1n) is 10.7. The van der Waals surface area contributed by atoms with E-state index in [2.05, 4.69) is 6.07 Å². The largest absolute Gasteiger partial charge is 0.481 e. The maximum absolute atomic E-state index is 13.1. The van der Waals surface area contributed by atoms with Crippen LogP contribution in [0, 0.1) is 31.1 Å². The van der Waals surface area contributed by atoms with E-state index < -0.39 is 5.97 Å². The highest BCUT2D eigenvalue weighted by atomic mass is 16.4. The van der Waals surface area contributed by atoms with E-state index in [1.807, 2.05) is 35.8 Å². The fourth-order valence-corrected chi connectivity index (χ4v) is 5.32. The van der Waals surface area contributed by atoms with Gasteiger partial charge >= 0.3 is 5.97 Å². The predicted molar refractivity (Wildman–Crippen MR) is 109 cm³/mol. The quantitative estimate of drug-likeness (QED) is 0.849. The van der Waals surface area contributed by atoms with Gasteiger partial charge in [0.15, 0.2) is 0 Å². The summed E-state index contributed by atoms with van der Waals surface area (Å²) in [5.41, 5.74) is 2.77. The lowest BCUT2D eigenvalue weighted by Crippen LogP contribution is -2.49. The molecule has 0 aromatic heterocycles. The van der Waals surface area contributed by atoms with E-state index >= 15 is 0 Å². The number of carbonyl (C=O) groups is 3. The zero-order valence-electron chi connectivity index (χ0n) is 17.3. The molecule has 2 saturated heterocycles. The first-order chi connectivity index (χ1) is 13.8. The predicted octanol–water partition coefficient (Wildman–Crippen LogP) is 2.87. The molecule has 3 aliphatic rings. The van der Waals surface area contributed by atoms with Crippen LogP contribution in [0.3, 0.4) is 0 Å². The molecular weight excluding hydrogens is 368 g/mol. The number of carboxylic acids is 1. The molecule has 156 valence electrons. The Bertz CT molecular complexity index is 821. The maximum atomic E-state index is 13.1. The van der Waals surface area contributed by atoms with Gasteiger partial charge in [0, 0.05) is 31.7 Å². The van der Waals surface area contributed by atoms with E-state index in [0.717, 1.165) is 43.2 Å². The summed E-state index contributed by atoms with van der Waals surface area (Å²) >= 11 is 0. The summed E-state index contributed by atoms with van der Waals surface area (Å²) in [4.78, 5) is 41.0. The lowest BCUT2D eigenvalue weighted by Gasteiger charge is -2.38. The number of aryl methyl sites for hydroxylation is 2. The van der Waals surface area contributed by atoms with Gasteiger partial charge in [-0.2, -0.15) is 0 Å². The monoisotopic (exact) mass is 398 g/mol. The number of likely N-dealkylation sites (tertiary alicyclic amines) is 2. The van der Waals surface area contributed by atoms with E-state index in [9.17, 15) is 19.5 Å². The zero-order valence-corrected chi connectivity index (χ0v) is 17.3. The van der Waals surface area contributed by atoms with E-state index in [-0.39, 0.29) is 29.1 Å². The van der Waals surface area contributed by atoms with Crippen molar-refractivity contribution in [2.24, 2.45) is 17.3 Å². The van der Waals surface area contributed by atoms with Gasteiger partial charge in [-0.15, -0.1) is 0 Å². The molecule has 1 N–H and O–H groups in total. The second-order valence-corrected chi connectivity index (χ2v) is 9.25. The van der Waals surface area contributed by atoms with Crippen LogP contribution in [0.1, 0.15) is 53.6 Å². The minimum atomic E-state index is -0.697. The summed E-state index contributed by atoms with van der Waals surface area (Å²) in [7, 11) is 0. The van der Waals surface area contributed by atoms with Gasteiger partial charge in [0.05, 0.1) is 11.8 Å². The number of piperidine rings is 2. The van der Waals surface area contributed by atoms with Crippen molar-refractivity contribution < 1.29 is 19.5 Å². The van der Waals surface area contributed by atoms with Crippen molar-refractivity contribution >= 4 is 17.8 Å². The summed E-state index contributed by atoms with van der Waals surface area (Å²) in [6.45, 7) is 6.44. The molecule has 4 rings (SSSR count). The number of hydrogen-bond donors (Lipinski definition) is 1. The van der Waals surface area contributed by atoms with Crippen LogP contribution in [-0.4, -0.2) is 58.9 Å². The SMILES string of the molecule is Cc1cc(C)cc(C(=O)N2CCCC(C(=O)N3CCC4(CC3)CC4C(=O)O)C2)c1. The normalized spacial score (nSPS) is 25.7. The summed E-state index contributed by atoms with van der Waals surface area (Å²) in [5, 5.41) is 9.24. The standard InChI is InChI=1S/C23H30N2O4/c1-15-10-16(2)12-18(11-15)21(27)25-7-3-4-17(14-25)20(26)24-8-5-23(6-9-24)13-19(23)22(28)29/h10-12,17,19H,3-9,13-14H2,1-2H3,(H,28,29). The Morgan fingerprint density at radius 1 is 1.00 bits per heavy atom. The first kappa shape index (κ1) is 19.9. The van der Waals surface area contributed by atoms with E-state index in [0.29, 0.717) is 31.7 Å². The van der Waals surface area contributed by atoms with Crippen molar-refractivity contribution in [3.8, 4) is 0 Å². The molecule has 2 aliphatic heterocycles. The molecular formula is C23H30N2O4. The molecule has 3 fully saturated rings. The number of aliphatic carboxylic acids is 1. The van der Waals surface area contributed by atoms with Crippen LogP contribution < -0.4 is 0 Å². The highest BCUT2D eigenvalue weighted by Gasteiger charge is 2.59. The van der Waals surface area contributed by atoms with Gasteiger partial charge in [-0.05, 0) is 63.5 Å². The molecule has 1 aromatic carbocycles. The van der Waals surface area contributed by atoms with E-state index in [4.69, 9.17) is 0 Å². The molecule has 1 aliphatic carbocycles. The van der Waals surface area contributed by atoms with E-state index in [1.54, 1.807) is 0 Å². The van der Waals surface area contributed by atoms with Crippen molar-refractivity contribution in [1.82, 2.24) is 9.80 Å². The minimum absolute atomic E-state index is 0.00850. The topological polar surface area (TPSA) is 77.9 Å². The van der Waals surface area contributed by atoms with Gasteiger partial charge in [0.25, 0.3) is 5.91 Å². The Morgan fingerprint density at radius 3 is 2.24 bits per heavy atom. The molecule has 29 heavy (non-hydrogen) atoms. The average Bonchev–Trinajstić information content (AvgIpc) is 3.40. The van der Waals surface area contributed by atoms with Crippen LogP contribution >= 0.6 is 0 Å². The minimum Gasteiger partial charge on any atom is -0.481 e. The van der Waals surface area contributed by atoms with Crippen molar-refractivity contribution in [2.45, 2.75) is 46.0 Å². The summed E-state index contributed by atoms with van der Waals surface area (Å²) < 4.78 is 0. The average molecular weight is 399 g/mol. The van der Waals surface area contributed by atoms with Crippen LogP contribution in [0.15, 0.2) is 18.2 Å². The number of rotatable bonds is 3. The molecule has 2 atom stereocenters. The molecule has 6 heteroatoms. The Hall–Kier alpha value is -2.37. The molecule has 6 nitrogen and oxygen atoms in total. The smallest absolute Gasteiger partial charge is 0.307 e. The number of amides is 2. The molecule has 2 amide bonds. The zero-order chi connectivity index (χ0) is 20.8. The molecule has 1 spiro atoms. The van der Waals surface area contributed by atoms with Gasteiger partial charge in [-0.25, -0.2) is 0 Å². The van der Waals surface area contributed by atoms with Crippen molar-refractivity contribution in [2.75, 3.05) is 26.2 Å². The Balaban J connectivity index is 1.37. The number of nitrogens with zero attached hydrogens (tertiary/aromatic N) is 2. The van der Waals surface area contributed by atoms with Crippen molar-refractivity contribution in [3.63, 3.8) is 0 Å². The van der Waals surface area contributed by atoms with Gasteiger partial charge in [0.2, 0.25) is 5.91 Å². The third-order valence-corrected chi connectivity index (χ3v) is 7.09. The molecule has 2 unspecified atom stereocenters. The third-order valence-electron chi connectivity index (χ3n) is 7.09. The summed E-state index contributed by atoms with van der Waals surface area (Å²) in [6, 6.07) is 5.88. The third kappa shape index (κ3) is 3.89. The fourth-order valence-electron chi connectivity index (χ4n) is 5.32. The maximum Gasteiger partial charge on any atom is 0.307 e. The van der Waals surface area contributed by atoms with Crippen LogP contribution in [0.2, 0.25) is 0 Å².